The molecule has 1 N–H and O–H groups in total. The number of aliphatic hydroxyl groups excluding tert-OH is 1. The minimum atomic E-state index is -0.904. The maximum atomic E-state index is 12.9. The Bertz CT molecular complexity index is 1010. The maximum absolute atomic E-state index is 12.9. The van der Waals surface area contributed by atoms with Gasteiger partial charge in [0.25, 0.3) is 17.4 Å². The van der Waals surface area contributed by atoms with Gasteiger partial charge in [-0.15, -0.1) is 0 Å². The first-order valence-corrected chi connectivity index (χ1v) is 9.56. The standard InChI is InChI=1S/C22H22N2O6/c1-3-4-12-23-19(15-6-5-7-16(13-15)24(28)29)18(21(26)22(23)27)20(25)14-8-10-17(30-2)11-9-14/h5-11,13,19,25H,3-4,12H2,1-2H3/t19-/m0/s1. The van der Waals surface area contributed by atoms with E-state index in [1.807, 2.05) is 6.92 Å². The average Bonchev–Trinajstić information content (AvgIpc) is 3.02. The third-order valence-corrected chi connectivity index (χ3v) is 5.05. The van der Waals surface area contributed by atoms with E-state index in [0.717, 1.165) is 6.42 Å². The molecule has 0 spiro atoms. The largest absolute Gasteiger partial charge is 0.507 e. The molecule has 2 aromatic carbocycles. The minimum absolute atomic E-state index is 0.0817. The van der Waals surface area contributed by atoms with Crippen molar-refractivity contribution in [1.29, 1.82) is 0 Å². The van der Waals surface area contributed by atoms with Crippen molar-refractivity contribution in [3.8, 4) is 5.75 Å². The van der Waals surface area contributed by atoms with Gasteiger partial charge >= 0.3 is 0 Å². The van der Waals surface area contributed by atoms with E-state index in [1.165, 1.54) is 30.2 Å². The third-order valence-electron chi connectivity index (χ3n) is 5.05. The van der Waals surface area contributed by atoms with E-state index in [0.29, 0.717) is 29.8 Å². The van der Waals surface area contributed by atoms with E-state index in [4.69, 9.17) is 4.74 Å². The number of benzene rings is 2. The molecule has 0 unspecified atom stereocenters. The van der Waals surface area contributed by atoms with E-state index < -0.39 is 22.7 Å². The zero-order valence-corrected chi connectivity index (χ0v) is 16.7. The number of nitro benzene ring substituents is 1. The summed E-state index contributed by atoms with van der Waals surface area (Å²) in [4.78, 5) is 37.7. The minimum Gasteiger partial charge on any atom is -0.507 e. The van der Waals surface area contributed by atoms with Gasteiger partial charge in [-0.3, -0.25) is 19.7 Å². The lowest BCUT2D eigenvalue weighted by Gasteiger charge is -2.25. The van der Waals surface area contributed by atoms with Crippen molar-refractivity contribution in [3.05, 3.63) is 75.3 Å². The molecule has 1 amide bonds. The smallest absolute Gasteiger partial charge is 0.295 e. The van der Waals surface area contributed by atoms with E-state index in [9.17, 15) is 24.8 Å². The van der Waals surface area contributed by atoms with Crippen molar-refractivity contribution in [3.63, 3.8) is 0 Å². The van der Waals surface area contributed by atoms with Gasteiger partial charge in [-0.05, 0) is 36.2 Å². The van der Waals surface area contributed by atoms with E-state index in [-0.39, 0.29) is 17.0 Å². The topological polar surface area (TPSA) is 110 Å². The van der Waals surface area contributed by atoms with Crippen LogP contribution in [0.1, 0.15) is 36.9 Å². The summed E-state index contributed by atoms with van der Waals surface area (Å²) >= 11 is 0. The first-order valence-electron chi connectivity index (χ1n) is 9.56. The van der Waals surface area contributed by atoms with Crippen molar-refractivity contribution in [1.82, 2.24) is 4.90 Å². The number of ether oxygens (including phenoxy) is 1. The molecule has 0 saturated carbocycles. The number of Topliss-reactive ketones (excluding diaryl/α,β-unsaturated/α-hetero) is 1. The Labute approximate surface area is 173 Å². The van der Waals surface area contributed by atoms with Gasteiger partial charge in [0.15, 0.2) is 0 Å². The predicted molar refractivity (Wildman–Crippen MR) is 110 cm³/mol. The second kappa shape index (κ2) is 8.77. The Morgan fingerprint density at radius 2 is 1.90 bits per heavy atom. The molecule has 156 valence electrons. The third kappa shape index (κ3) is 3.89. The van der Waals surface area contributed by atoms with Crippen LogP contribution in [0.3, 0.4) is 0 Å². The van der Waals surface area contributed by atoms with Crippen LogP contribution in [-0.2, 0) is 9.59 Å². The average molecular weight is 410 g/mol. The van der Waals surface area contributed by atoms with Crippen LogP contribution in [0, 0.1) is 10.1 Å². The molecular formula is C22H22N2O6. The molecule has 0 bridgehead atoms. The van der Waals surface area contributed by atoms with Crippen molar-refractivity contribution in [2.24, 2.45) is 0 Å². The first-order chi connectivity index (χ1) is 14.4. The number of carbonyl (C=O) groups is 2. The number of ketones is 1. The number of rotatable bonds is 7. The monoisotopic (exact) mass is 410 g/mol. The number of methoxy groups -OCH3 is 1. The van der Waals surface area contributed by atoms with Crippen LogP contribution in [-0.4, -0.2) is 40.3 Å². The predicted octanol–water partition coefficient (Wildman–Crippen LogP) is 3.83. The molecule has 1 fully saturated rings. The zero-order chi connectivity index (χ0) is 21.8. The summed E-state index contributed by atoms with van der Waals surface area (Å²) in [6.07, 6.45) is 1.45. The van der Waals surface area contributed by atoms with E-state index in [1.54, 1.807) is 30.3 Å². The number of non-ortho nitro benzene ring substituents is 1. The molecule has 1 aliphatic heterocycles. The Hall–Kier alpha value is -3.68. The lowest BCUT2D eigenvalue weighted by molar-refractivity contribution is -0.384. The Morgan fingerprint density at radius 3 is 2.50 bits per heavy atom. The van der Waals surface area contributed by atoms with Gasteiger partial charge in [0.05, 0.1) is 23.6 Å². The molecule has 1 heterocycles. The summed E-state index contributed by atoms with van der Waals surface area (Å²) in [6, 6.07) is 11.3. The molecule has 2 aromatic rings. The Balaban J connectivity index is 2.17. The summed E-state index contributed by atoms with van der Waals surface area (Å²) in [7, 11) is 1.51. The molecule has 0 aliphatic carbocycles. The van der Waals surface area contributed by atoms with Gasteiger partial charge < -0.3 is 14.7 Å². The van der Waals surface area contributed by atoms with Crippen LogP contribution in [0.5, 0.6) is 5.75 Å². The molecule has 1 aliphatic rings. The molecular weight excluding hydrogens is 388 g/mol. The fourth-order valence-electron chi connectivity index (χ4n) is 3.50. The van der Waals surface area contributed by atoms with Crippen LogP contribution in [0.2, 0.25) is 0 Å². The molecule has 1 atom stereocenters. The molecule has 8 nitrogen and oxygen atoms in total. The summed E-state index contributed by atoms with van der Waals surface area (Å²) in [5.41, 5.74) is 0.508. The number of carbonyl (C=O) groups excluding carboxylic acids is 2. The quantitative estimate of drug-likeness (QED) is 0.244. The number of unbranched alkanes of at least 4 members (excludes halogenated alkanes) is 1. The highest BCUT2D eigenvalue weighted by molar-refractivity contribution is 6.46. The summed E-state index contributed by atoms with van der Waals surface area (Å²) in [6.45, 7) is 2.25. The van der Waals surface area contributed by atoms with Gasteiger partial charge in [-0.1, -0.05) is 25.5 Å². The van der Waals surface area contributed by atoms with Crippen LogP contribution in [0.15, 0.2) is 54.1 Å². The fourth-order valence-corrected chi connectivity index (χ4v) is 3.50. The summed E-state index contributed by atoms with van der Waals surface area (Å²) in [5.74, 6) is -1.29. The lowest BCUT2D eigenvalue weighted by Crippen LogP contribution is -2.30. The molecule has 8 heteroatoms. The SMILES string of the molecule is CCCCN1C(=O)C(=O)C(=C(O)c2ccc(OC)cc2)[C@@H]1c1cccc([N+](=O)[O-])c1. The van der Waals surface area contributed by atoms with Crippen molar-refractivity contribution >= 4 is 23.1 Å². The number of nitrogens with zero attached hydrogens (tertiary/aromatic N) is 2. The second-order valence-electron chi connectivity index (χ2n) is 6.93. The van der Waals surface area contributed by atoms with Gasteiger partial charge in [0.2, 0.25) is 0 Å². The van der Waals surface area contributed by atoms with E-state index >= 15 is 0 Å². The maximum Gasteiger partial charge on any atom is 0.295 e. The van der Waals surface area contributed by atoms with Gasteiger partial charge in [0.1, 0.15) is 11.5 Å². The second-order valence-corrected chi connectivity index (χ2v) is 6.93. The van der Waals surface area contributed by atoms with Crippen LogP contribution in [0.25, 0.3) is 5.76 Å². The zero-order valence-electron chi connectivity index (χ0n) is 16.7. The number of aliphatic hydroxyl groups is 1. The molecule has 0 aromatic heterocycles. The highest BCUT2D eigenvalue weighted by atomic mass is 16.6. The van der Waals surface area contributed by atoms with Crippen molar-refractivity contribution in [2.45, 2.75) is 25.8 Å². The highest BCUT2D eigenvalue weighted by Crippen LogP contribution is 2.40. The summed E-state index contributed by atoms with van der Waals surface area (Å²) in [5, 5.41) is 22.2. The molecule has 3 rings (SSSR count). The Morgan fingerprint density at radius 1 is 1.20 bits per heavy atom. The van der Waals surface area contributed by atoms with Gasteiger partial charge in [-0.2, -0.15) is 0 Å². The van der Waals surface area contributed by atoms with Gasteiger partial charge in [-0.25, -0.2) is 0 Å². The summed E-state index contributed by atoms with van der Waals surface area (Å²) < 4.78 is 5.11. The molecule has 0 radical (unpaired) electrons. The van der Waals surface area contributed by atoms with Gasteiger partial charge in [0, 0.05) is 24.2 Å². The molecule has 1 saturated heterocycles. The van der Waals surface area contributed by atoms with Crippen LogP contribution < -0.4 is 4.74 Å². The normalized spacial score (nSPS) is 17.9. The number of nitro groups is 1. The van der Waals surface area contributed by atoms with Crippen molar-refractivity contribution < 1.29 is 24.4 Å². The Kier molecular flexibility index (Phi) is 6.15. The number of hydrogen-bond donors (Lipinski definition) is 1. The number of hydrogen-bond acceptors (Lipinski definition) is 6. The lowest BCUT2D eigenvalue weighted by atomic mass is 9.95. The number of amides is 1. The van der Waals surface area contributed by atoms with Crippen LogP contribution >= 0.6 is 0 Å². The number of likely N-dealkylation sites (tertiary alicyclic amines) is 1. The van der Waals surface area contributed by atoms with Crippen molar-refractivity contribution in [2.75, 3.05) is 13.7 Å². The highest BCUT2D eigenvalue weighted by Gasteiger charge is 2.46. The fraction of sp³-hybridized carbons (Fsp3) is 0.273. The first kappa shape index (κ1) is 21.0. The van der Waals surface area contributed by atoms with E-state index in [2.05, 4.69) is 0 Å². The van der Waals surface area contributed by atoms with Crippen LogP contribution in [0.4, 0.5) is 5.69 Å². The molecule has 30 heavy (non-hydrogen) atoms.